The number of rotatable bonds is 6. The van der Waals surface area contributed by atoms with Crippen LogP contribution < -0.4 is 10.8 Å². The van der Waals surface area contributed by atoms with Crippen molar-refractivity contribution in [1.29, 1.82) is 0 Å². The predicted molar refractivity (Wildman–Crippen MR) is 53.2 cm³/mol. The number of hydrogen-bond acceptors (Lipinski definition) is 4. The second-order valence-electron chi connectivity index (χ2n) is 3.69. The van der Waals surface area contributed by atoms with Crippen LogP contribution in [0.2, 0.25) is 0 Å². The van der Waals surface area contributed by atoms with Gasteiger partial charge in [-0.1, -0.05) is 13.8 Å². The van der Waals surface area contributed by atoms with Crippen LogP contribution in [0.15, 0.2) is 0 Å². The second-order valence-corrected chi connectivity index (χ2v) is 5.33. The van der Waals surface area contributed by atoms with Crippen LogP contribution in [0.25, 0.3) is 0 Å². The van der Waals surface area contributed by atoms with Gasteiger partial charge in [0, 0.05) is 0 Å². The van der Waals surface area contributed by atoms with Crippen molar-refractivity contribution >= 4 is 13.5 Å². The summed E-state index contributed by atoms with van der Waals surface area (Å²) in [6.45, 7) is 3.72. The van der Waals surface area contributed by atoms with E-state index < -0.39 is 25.8 Å². The molecule has 0 aliphatic heterocycles. The molecule has 0 spiro atoms. The zero-order valence-electron chi connectivity index (χ0n) is 8.67. The fourth-order valence-electron chi connectivity index (χ4n) is 1.06. The maximum Gasteiger partial charge on any atom is 0.339 e. The zero-order valence-corrected chi connectivity index (χ0v) is 9.57. The predicted octanol–water partition coefficient (Wildman–Crippen LogP) is -0.369. The second kappa shape index (κ2) is 6.19. The molecule has 0 saturated heterocycles. The lowest BCUT2D eigenvalue weighted by Crippen LogP contribution is -2.44. The van der Waals surface area contributed by atoms with E-state index in [1.807, 2.05) is 13.8 Å². The highest BCUT2D eigenvalue weighted by Gasteiger charge is 2.22. The Hall–Kier alpha value is -0.460. The van der Waals surface area contributed by atoms with Crippen molar-refractivity contribution in [3.63, 3.8) is 0 Å². The summed E-state index contributed by atoms with van der Waals surface area (Å²) >= 11 is 0. The van der Waals surface area contributed by atoms with E-state index in [9.17, 15) is 9.36 Å². The first kappa shape index (κ1) is 14.5. The third-order valence-corrected chi connectivity index (χ3v) is 2.27. The van der Waals surface area contributed by atoms with E-state index in [-0.39, 0.29) is 5.92 Å². The van der Waals surface area contributed by atoms with Gasteiger partial charge in [-0.2, -0.15) is 0 Å². The van der Waals surface area contributed by atoms with E-state index in [4.69, 9.17) is 15.0 Å². The topological polar surface area (TPSA) is 119 Å². The Bertz CT molecular complexity index is 252. The lowest BCUT2D eigenvalue weighted by molar-refractivity contribution is -0.131. The lowest BCUT2D eigenvalue weighted by Gasteiger charge is -2.18. The smallest absolute Gasteiger partial charge is 0.324 e. The van der Waals surface area contributed by atoms with Gasteiger partial charge in [0.05, 0.1) is 12.3 Å². The van der Waals surface area contributed by atoms with Gasteiger partial charge in [0.1, 0.15) is 0 Å². The Kier molecular flexibility index (Phi) is 6.00. The van der Waals surface area contributed by atoms with Crippen molar-refractivity contribution in [1.82, 2.24) is 10.8 Å². The van der Waals surface area contributed by atoms with Crippen molar-refractivity contribution in [3.8, 4) is 0 Å². The number of hydroxylamine groups is 1. The van der Waals surface area contributed by atoms with Crippen LogP contribution >= 0.6 is 7.60 Å². The minimum absolute atomic E-state index is 0.163. The van der Waals surface area contributed by atoms with Crippen LogP contribution in [0.4, 0.5) is 0 Å². The molecule has 0 aliphatic rings. The number of nitrogens with one attached hydrogen (secondary N) is 2. The number of hydrogen-bond donors (Lipinski definition) is 5. The SMILES string of the molecule is CC(C)CC(NCP(=O)(O)O)C(=O)NO. The van der Waals surface area contributed by atoms with Gasteiger partial charge in [0.25, 0.3) is 5.91 Å². The summed E-state index contributed by atoms with van der Waals surface area (Å²) < 4.78 is 10.6. The van der Waals surface area contributed by atoms with Crippen molar-refractivity contribution in [2.24, 2.45) is 5.92 Å². The van der Waals surface area contributed by atoms with Gasteiger partial charge < -0.3 is 9.79 Å². The van der Waals surface area contributed by atoms with Gasteiger partial charge in [-0.05, 0) is 12.3 Å². The van der Waals surface area contributed by atoms with Gasteiger partial charge in [0.15, 0.2) is 0 Å². The van der Waals surface area contributed by atoms with E-state index >= 15 is 0 Å². The van der Waals surface area contributed by atoms with Crippen molar-refractivity contribution < 1.29 is 24.4 Å². The Morgan fingerprint density at radius 1 is 1.40 bits per heavy atom. The molecular formula is C7H17N2O5P. The molecule has 8 heteroatoms. The zero-order chi connectivity index (χ0) is 12.1. The van der Waals surface area contributed by atoms with Crippen LogP contribution in [-0.2, 0) is 9.36 Å². The average molecular weight is 240 g/mol. The monoisotopic (exact) mass is 240 g/mol. The molecule has 0 fully saturated rings. The molecule has 0 aliphatic carbocycles. The molecule has 1 atom stereocenters. The minimum atomic E-state index is -4.19. The van der Waals surface area contributed by atoms with Crippen LogP contribution in [0, 0.1) is 5.92 Å². The fraction of sp³-hybridized carbons (Fsp3) is 0.857. The molecule has 0 aromatic carbocycles. The Labute approximate surface area is 88.0 Å². The number of amides is 1. The van der Waals surface area contributed by atoms with E-state index in [1.165, 1.54) is 5.48 Å². The number of carbonyl (C=O) groups is 1. The first-order valence-electron chi connectivity index (χ1n) is 4.48. The van der Waals surface area contributed by atoms with Crippen LogP contribution in [0.1, 0.15) is 20.3 Å². The standard InChI is InChI=1S/C7H17N2O5P/c1-5(2)3-6(7(10)9-11)8-4-15(12,13)14/h5-6,8,11H,3-4H2,1-2H3,(H,9,10)(H2,12,13,14). The third-order valence-electron chi connectivity index (χ3n) is 1.68. The lowest BCUT2D eigenvalue weighted by atomic mass is 10.0. The van der Waals surface area contributed by atoms with E-state index in [1.54, 1.807) is 0 Å². The molecule has 1 amide bonds. The molecule has 0 aromatic heterocycles. The maximum absolute atomic E-state index is 11.1. The van der Waals surface area contributed by atoms with Gasteiger partial charge in [-0.3, -0.25) is 19.9 Å². The maximum atomic E-state index is 11.1. The summed E-state index contributed by atoms with van der Waals surface area (Å²) in [5.74, 6) is -0.534. The average Bonchev–Trinajstić information content (AvgIpc) is 2.09. The first-order valence-corrected chi connectivity index (χ1v) is 6.28. The van der Waals surface area contributed by atoms with Gasteiger partial charge in [-0.15, -0.1) is 0 Å². The van der Waals surface area contributed by atoms with Gasteiger partial charge in [-0.25, -0.2) is 5.48 Å². The summed E-state index contributed by atoms with van der Waals surface area (Å²) in [5, 5.41) is 10.8. The van der Waals surface area contributed by atoms with Crippen LogP contribution in [-0.4, -0.2) is 33.2 Å². The van der Waals surface area contributed by atoms with Crippen LogP contribution in [0.3, 0.4) is 0 Å². The quantitative estimate of drug-likeness (QED) is 0.245. The molecule has 15 heavy (non-hydrogen) atoms. The molecule has 1 unspecified atom stereocenters. The molecule has 0 bridgehead atoms. The molecule has 7 nitrogen and oxygen atoms in total. The van der Waals surface area contributed by atoms with Gasteiger partial charge in [0.2, 0.25) is 0 Å². The molecule has 5 N–H and O–H groups in total. The molecule has 0 heterocycles. The molecule has 0 rings (SSSR count). The largest absolute Gasteiger partial charge is 0.339 e. The van der Waals surface area contributed by atoms with E-state index in [0.29, 0.717) is 6.42 Å². The highest BCUT2D eigenvalue weighted by atomic mass is 31.2. The van der Waals surface area contributed by atoms with Crippen LogP contribution in [0.5, 0.6) is 0 Å². The van der Waals surface area contributed by atoms with Crippen molar-refractivity contribution in [2.75, 3.05) is 6.29 Å². The molecule has 0 radical (unpaired) electrons. The Morgan fingerprint density at radius 3 is 2.27 bits per heavy atom. The minimum Gasteiger partial charge on any atom is -0.324 e. The molecule has 90 valence electrons. The fourth-order valence-corrected chi connectivity index (χ4v) is 1.52. The summed E-state index contributed by atoms with van der Waals surface area (Å²) in [6.07, 6.45) is -0.204. The first-order chi connectivity index (χ1) is 6.76. The van der Waals surface area contributed by atoms with Gasteiger partial charge >= 0.3 is 7.60 Å². The summed E-state index contributed by atoms with van der Waals surface area (Å²) in [4.78, 5) is 28.3. The van der Waals surface area contributed by atoms with Crippen molar-refractivity contribution in [2.45, 2.75) is 26.3 Å². The molecular weight excluding hydrogens is 223 g/mol. The normalized spacial score (nSPS) is 14.0. The van der Waals surface area contributed by atoms with Crippen molar-refractivity contribution in [3.05, 3.63) is 0 Å². The summed E-state index contributed by atoms with van der Waals surface area (Å²) in [5.41, 5.74) is 1.45. The van der Waals surface area contributed by atoms with E-state index in [2.05, 4.69) is 5.32 Å². The third kappa shape index (κ3) is 7.47. The molecule has 0 saturated carbocycles. The summed E-state index contributed by atoms with van der Waals surface area (Å²) in [7, 11) is -4.19. The molecule has 0 aromatic rings. The van der Waals surface area contributed by atoms with E-state index in [0.717, 1.165) is 0 Å². The highest BCUT2D eigenvalue weighted by molar-refractivity contribution is 7.51. The Morgan fingerprint density at radius 2 is 1.93 bits per heavy atom. The number of carbonyl (C=O) groups excluding carboxylic acids is 1. The highest BCUT2D eigenvalue weighted by Crippen LogP contribution is 2.32. The Balaban J connectivity index is 4.25. The summed E-state index contributed by atoms with van der Waals surface area (Å²) in [6, 6.07) is -0.803.